The number of nitrogens with zero attached hydrogens (tertiary/aromatic N) is 2. The third-order valence-electron chi connectivity index (χ3n) is 2.74. The molecule has 1 aromatic rings. The summed E-state index contributed by atoms with van der Waals surface area (Å²) in [7, 11) is 0. The smallest absolute Gasteiger partial charge is 0.357 e. The molecule has 0 saturated heterocycles. The van der Waals surface area contributed by atoms with Gasteiger partial charge in [0.25, 0.3) is 0 Å². The number of nitrogens with one attached hydrogen (secondary N) is 2. The van der Waals surface area contributed by atoms with Crippen molar-refractivity contribution >= 4 is 41.3 Å². The highest BCUT2D eigenvalue weighted by Gasteiger charge is 2.26. The first-order chi connectivity index (χ1) is 10.1. The molecule has 23 heavy (non-hydrogen) atoms. The van der Waals surface area contributed by atoms with Crippen molar-refractivity contribution in [3.8, 4) is 0 Å². The van der Waals surface area contributed by atoms with Crippen LogP contribution in [0.4, 0.5) is 13.2 Å². The summed E-state index contributed by atoms with van der Waals surface area (Å²) in [6, 6.07) is 0. The molecule has 134 valence electrons. The average Bonchev–Trinajstić information content (AvgIpc) is 2.83. The first kappa shape index (κ1) is 22.4. The molecule has 1 aromatic heterocycles. The Morgan fingerprint density at radius 3 is 2.39 bits per heavy atom. The number of hydrogen-bond acceptors (Lipinski definition) is 3. The lowest BCUT2D eigenvalue weighted by Crippen LogP contribution is -2.38. The van der Waals surface area contributed by atoms with Gasteiger partial charge in [0.05, 0.1) is 18.7 Å². The van der Waals surface area contributed by atoms with E-state index in [0.29, 0.717) is 19.0 Å². The van der Waals surface area contributed by atoms with E-state index in [2.05, 4.69) is 41.4 Å². The van der Waals surface area contributed by atoms with Crippen molar-refractivity contribution in [1.82, 2.24) is 15.6 Å². The van der Waals surface area contributed by atoms with E-state index in [0.717, 1.165) is 10.7 Å². The van der Waals surface area contributed by atoms with Crippen LogP contribution in [-0.2, 0) is 12.0 Å². The molecule has 2 N–H and O–H groups in total. The molecule has 0 amide bonds. The molecule has 0 aliphatic carbocycles. The predicted octanol–water partition coefficient (Wildman–Crippen LogP) is 4.07. The van der Waals surface area contributed by atoms with Crippen molar-refractivity contribution in [1.29, 1.82) is 0 Å². The molecule has 0 aliphatic heterocycles. The molecule has 0 spiro atoms. The number of aromatic nitrogens is 1. The van der Waals surface area contributed by atoms with E-state index in [1.54, 1.807) is 0 Å². The van der Waals surface area contributed by atoms with Gasteiger partial charge in [-0.2, -0.15) is 13.2 Å². The molecular formula is C14H24F3IN4S. The summed E-state index contributed by atoms with van der Waals surface area (Å²) in [4.78, 5) is 8.78. The van der Waals surface area contributed by atoms with Gasteiger partial charge in [-0.25, -0.2) is 9.98 Å². The lowest BCUT2D eigenvalue weighted by atomic mass is 9.93. The van der Waals surface area contributed by atoms with E-state index >= 15 is 0 Å². The number of hydrogen-bond donors (Lipinski definition) is 2. The predicted molar refractivity (Wildman–Crippen MR) is 99.7 cm³/mol. The van der Waals surface area contributed by atoms with Gasteiger partial charge >= 0.3 is 6.18 Å². The van der Waals surface area contributed by atoms with Crippen LogP contribution in [0.25, 0.3) is 0 Å². The van der Waals surface area contributed by atoms with Crippen molar-refractivity contribution < 1.29 is 13.2 Å². The quantitative estimate of drug-likeness (QED) is 0.393. The van der Waals surface area contributed by atoms with Gasteiger partial charge in [0.2, 0.25) is 0 Å². The van der Waals surface area contributed by atoms with Gasteiger partial charge in [0.15, 0.2) is 5.96 Å². The topological polar surface area (TPSA) is 49.3 Å². The van der Waals surface area contributed by atoms with Crippen LogP contribution < -0.4 is 10.6 Å². The van der Waals surface area contributed by atoms with Crippen LogP contribution in [0, 0.1) is 0 Å². The molecule has 0 fully saturated rings. The molecule has 0 unspecified atom stereocenters. The second kappa shape index (κ2) is 9.65. The number of alkyl halides is 3. The number of thiazole rings is 1. The summed E-state index contributed by atoms with van der Waals surface area (Å²) in [5.41, 5.74) is 0.978. The molecule has 1 heterocycles. The molecule has 0 radical (unpaired) electrons. The van der Waals surface area contributed by atoms with E-state index in [1.165, 1.54) is 11.3 Å². The Kier molecular flexibility index (Phi) is 9.41. The summed E-state index contributed by atoms with van der Waals surface area (Å²) in [6.45, 7) is 8.85. The Bertz CT molecular complexity index is 495. The maximum atomic E-state index is 12.1. The van der Waals surface area contributed by atoms with Crippen molar-refractivity contribution in [3.63, 3.8) is 0 Å². The number of guanidine groups is 1. The maximum Gasteiger partial charge on any atom is 0.390 e. The maximum absolute atomic E-state index is 12.1. The van der Waals surface area contributed by atoms with E-state index < -0.39 is 12.6 Å². The molecule has 0 saturated carbocycles. The fourth-order valence-corrected chi connectivity index (χ4v) is 2.48. The molecule has 9 heteroatoms. The average molecular weight is 464 g/mol. The third kappa shape index (κ3) is 9.33. The van der Waals surface area contributed by atoms with Gasteiger partial charge in [-0.1, -0.05) is 20.8 Å². The fraction of sp³-hybridized carbons (Fsp3) is 0.714. The standard InChI is InChI=1S/C14H23F3N4S.HI/c1-5-18-12(19-7-6-14(15,16)17)20-8-11-21-10(9-22-11)13(2,3)4;/h9H,5-8H2,1-4H3,(H2,18,19,20);1H. The summed E-state index contributed by atoms with van der Waals surface area (Å²) in [5.74, 6) is 0.374. The highest BCUT2D eigenvalue weighted by molar-refractivity contribution is 14.0. The van der Waals surface area contributed by atoms with Crippen LogP contribution in [0.15, 0.2) is 10.4 Å². The first-order valence-corrected chi connectivity index (χ1v) is 8.03. The zero-order chi connectivity index (χ0) is 16.8. The molecule has 4 nitrogen and oxygen atoms in total. The summed E-state index contributed by atoms with van der Waals surface area (Å²) >= 11 is 1.51. The zero-order valence-corrected chi connectivity index (χ0v) is 16.9. The van der Waals surface area contributed by atoms with Gasteiger partial charge in [-0.15, -0.1) is 35.3 Å². The van der Waals surface area contributed by atoms with E-state index in [9.17, 15) is 13.2 Å². The highest BCUT2D eigenvalue weighted by Crippen LogP contribution is 2.24. The second-order valence-corrected chi connectivity index (χ2v) is 6.81. The Labute approximate surface area is 156 Å². The van der Waals surface area contributed by atoms with Crippen LogP contribution >= 0.6 is 35.3 Å². The van der Waals surface area contributed by atoms with Gasteiger partial charge in [0, 0.05) is 23.9 Å². The van der Waals surface area contributed by atoms with Crippen molar-refractivity contribution in [2.45, 2.75) is 52.3 Å². The number of aliphatic imine (C=N–C) groups is 1. The van der Waals surface area contributed by atoms with E-state index in [-0.39, 0.29) is 35.9 Å². The van der Waals surface area contributed by atoms with Crippen LogP contribution in [0.1, 0.15) is 44.8 Å². The lowest BCUT2D eigenvalue weighted by Gasteiger charge is -2.14. The minimum atomic E-state index is -4.17. The van der Waals surface area contributed by atoms with E-state index in [1.807, 2.05) is 12.3 Å². The first-order valence-electron chi connectivity index (χ1n) is 7.15. The van der Waals surface area contributed by atoms with Crippen LogP contribution in [0.2, 0.25) is 0 Å². The van der Waals surface area contributed by atoms with Crippen molar-refractivity contribution in [2.75, 3.05) is 13.1 Å². The Hall–Kier alpha value is -0.580. The van der Waals surface area contributed by atoms with Crippen LogP contribution in [0.5, 0.6) is 0 Å². The highest BCUT2D eigenvalue weighted by atomic mass is 127. The third-order valence-corrected chi connectivity index (χ3v) is 3.57. The van der Waals surface area contributed by atoms with Gasteiger partial charge in [-0.3, -0.25) is 0 Å². The Balaban J connectivity index is 0.00000484. The van der Waals surface area contributed by atoms with Gasteiger partial charge in [0.1, 0.15) is 5.01 Å². The summed E-state index contributed by atoms with van der Waals surface area (Å²) in [6.07, 6.45) is -5.05. The second-order valence-electron chi connectivity index (χ2n) is 5.86. The fourth-order valence-electron chi connectivity index (χ4n) is 1.54. The largest absolute Gasteiger partial charge is 0.390 e. The molecule has 0 bridgehead atoms. The summed E-state index contributed by atoms with van der Waals surface area (Å²) in [5, 5.41) is 8.45. The number of halogens is 4. The zero-order valence-electron chi connectivity index (χ0n) is 13.8. The normalized spacial score (nSPS) is 12.7. The minimum absolute atomic E-state index is 0. The lowest BCUT2D eigenvalue weighted by molar-refractivity contribution is -0.132. The Morgan fingerprint density at radius 2 is 1.91 bits per heavy atom. The molecule has 0 aromatic carbocycles. The van der Waals surface area contributed by atoms with Gasteiger partial charge in [-0.05, 0) is 6.92 Å². The van der Waals surface area contributed by atoms with E-state index in [4.69, 9.17) is 0 Å². The minimum Gasteiger partial charge on any atom is -0.357 e. The summed E-state index contributed by atoms with van der Waals surface area (Å²) < 4.78 is 36.4. The van der Waals surface area contributed by atoms with Crippen molar-refractivity contribution in [3.05, 3.63) is 16.1 Å². The van der Waals surface area contributed by atoms with Gasteiger partial charge < -0.3 is 10.6 Å². The molecule has 1 rings (SSSR count). The number of rotatable bonds is 5. The monoisotopic (exact) mass is 464 g/mol. The molecule has 0 aliphatic rings. The molecular weight excluding hydrogens is 440 g/mol. The molecule has 0 atom stereocenters. The van der Waals surface area contributed by atoms with Crippen LogP contribution in [0.3, 0.4) is 0 Å². The Morgan fingerprint density at radius 1 is 1.26 bits per heavy atom. The van der Waals surface area contributed by atoms with Crippen molar-refractivity contribution in [2.24, 2.45) is 4.99 Å². The van der Waals surface area contributed by atoms with Crippen LogP contribution in [-0.4, -0.2) is 30.2 Å². The SMILES string of the molecule is CCNC(=NCc1nc(C(C)(C)C)cs1)NCCC(F)(F)F.I.